The van der Waals surface area contributed by atoms with Crippen LogP contribution in [0.1, 0.15) is 40.2 Å². The lowest BCUT2D eigenvalue weighted by molar-refractivity contribution is 0.0920. The van der Waals surface area contributed by atoms with E-state index in [-0.39, 0.29) is 11.9 Å². The van der Waals surface area contributed by atoms with Gasteiger partial charge in [0.1, 0.15) is 22.1 Å². The van der Waals surface area contributed by atoms with Gasteiger partial charge in [-0.1, -0.05) is 6.07 Å². The Hall–Kier alpha value is -2.84. The third kappa shape index (κ3) is 4.37. The van der Waals surface area contributed by atoms with Gasteiger partial charge in [0, 0.05) is 36.5 Å². The zero-order valence-electron chi connectivity index (χ0n) is 19.1. The van der Waals surface area contributed by atoms with Crippen molar-refractivity contribution in [3.05, 3.63) is 46.5 Å². The summed E-state index contributed by atoms with van der Waals surface area (Å²) in [7, 11) is 1.77. The second-order valence-electron chi connectivity index (χ2n) is 8.93. The molecule has 8 heteroatoms. The number of rotatable bonds is 5. The maximum Gasteiger partial charge on any atom is 0.263 e. The Labute approximate surface area is 197 Å². The van der Waals surface area contributed by atoms with Gasteiger partial charge in [-0.05, 0) is 56.4 Å². The third-order valence-electron chi connectivity index (χ3n) is 6.55. The number of benzene rings is 1. The van der Waals surface area contributed by atoms with E-state index in [0.29, 0.717) is 23.2 Å². The number of nitrogens with two attached hydrogens (primary N) is 1. The predicted molar refractivity (Wildman–Crippen MR) is 133 cm³/mol. The Morgan fingerprint density at radius 3 is 3.06 bits per heavy atom. The Bertz CT molecular complexity index is 1180. The van der Waals surface area contributed by atoms with Crippen LogP contribution in [0, 0.1) is 6.92 Å². The minimum atomic E-state index is -0.169. The molecule has 1 saturated heterocycles. The first-order valence-corrected chi connectivity index (χ1v) is 12.3. The van der Waals surface area contributed by atoms with E-state index in [9.17, 15) is 4.79 Å². The Morgan fingerprint density at radius 2 is 2.21 bits per heavy atom. The Kier molecular flexibility index (Phi) is 6.12. The molecule has 0 spiro atoms. The Balaban J connectivity index is 1.29. The zero-order chi connectivity index (χ0) is 22.9. The number of hydrogen-bond donors (Lipinski definition) is 2. The van der Waals surface area contributed by atoms with Crippen LogP contribution in [0.2, 0.25) is 0 Å². The molecule has 0 bridgehead atoms. The SMILES string of the molecule is COC[C@H]1CCCCN1c1ccc2c(c1)OC[C@H](NC(=O)c1sc3nc(C)ccc3c1N)C2. The normalized spacial score (nSPS) is 20.4. The van der Waals surface area contributed by atoms with E-state index in [4.69, 9.17) is 15.2 Å². The van der Waals surface area contributed by atoms with Gasteiger partial charge in [-0.25, -0.2) is 4.98 Å². The predicted octanol–water partition coefficient (Wildman–Crippen LogP) is 3.93. The van der Waals surface area contributed by atoms with Gasteiger partial charge < -0.3 is 25.4 Å². The first-order chi connectivity index (χ1) is 16.0. The maximum absolute atomic E-state index is 13.0. The molecule has 4 heterocycles. The van der Waals surface area contributed by atoms with E-state index in [1.165, 1.54) is 29.9 Å². The summed E-state index contributed by atoms with van der Waals surface area (Å²) in [6.07, 6.45) is 4.32. The summed E-state index contributed by atoms with van der Waals surface area (Å²) in [5.41, 5.74) is 9.95. The number of thiophene rings is 1. The fraction of sp³-hybridized carbons (Fsp3) is 0.440. The second-order valence-corrected chi connectivity index (χ2v) is 9.93. The van der Waals surface area contributed by atoms with Gasteiger partial charge in [-0.2, -0.15) is 0 Å². The minimum absolute atomic E-state index is 0.105. The molecule has 2 aliphatic heterocycles. The molecular weight excluding hydrogens is 436 g/mol. The molecule has 0 unspecified atom stereocenters. The number of nitrogen functional groups attached to an aromatic ring is 1. The highest BCUT2D eigenvalue weighted by Crippen LogP contribution is 2.34. The van der Waals surface area contributed by atoms with Crippen molar-refractivity contribution in [3.63, 3.8) is 0 Å². The summed E-state index contributed by atoms with van der Waals surface area (Å²) in [5.74, 6) is 0.735. The number of anilines is 2. The summed E-state index contributed by atoms with van der Waals surface area (Å²) in [6.45, 7) is 4.14. The fourth-order valence-corrected chi connectivity index (χ4v) is 5.89. The van der Waals surface area contributed by atoms with Gasteiger partial charge in [0.05, 0.1) is 24.4 Å². The number of ether oxygens (including phenoxy) is 2. The van der Waals surface area contributed by atoms with Crippen molar-refractivity contribution in [1.29, 1.82) is 0 Å². The van der Waals surface area contributed by atoms with Gasteiger partial charge in [0.25, 0.3) is 5.91 Å². The molecule has 5 rings (SSSR count). The molecule has 33 heavy (non-hydrogen) atoms. The average molecular weight is 467 g/mol. The highest BCUT2D eigenvalue weighted by atomic mass is 32.1. The monoisotopic (exact) mass is 466 g/mol. The molecule has 0 aliphatic carbocycles. The van der Waals surface area contributed by atoms with Gasteiger partial charge in [-0.15, -0.1) is 11.3 Å². The number of aryl methyl sites for hydroxylation is 1. The first-order valence-electron chi connectivity index (χ1n) is 11.5. The summed E-state index contributed by atoms with van der Waals surface area (Å²) in [5, 5.41) is 3.94. The van der Waals surface area contributed by atoms with Gasteiger partial charge in [-0.3, -0.25) is 4.79 Å². The van der Waals surface area contributed by atoms with Crippen LogP contribution in [0.4, 0.5) is 11.4 Å². The topological polar surface area (TPSA) is 89.7 Å². The number of nitrogens with one attached hydrogen (secondary N) is 1. The highest BCUT2D eigenvalue weighted by Gasteiger charge is 2.27. The molecule has 2 aromatic heterocycles. The lowest BCUT2D eigenvalue weighted by Gasteiger charge is -2.38. The van der Waals surface area contributed by atoms with E-state index in [0.717, 1.165) is 53.2 Å². The van der Waals surface area contributed by atoms with Crippen LogP contribution in [0.15, 0.2) is 30.3 Å². The van der Waals surface area contributed by atoms with Crippen molar-refractivity contribution < 1.29 is 14.3 Å². The fourth-order valence-electron chi connectivity index (χ4n) is 4.85. The molecule has 1 fully saturated rings. The van der Waals surface area contributed by atoms with Crippen molar-refractivity contribution in [2.45, 2.75) is 44.7 Å². The number of amides is 1. The maximum atomic E-state index is 13.0. The molecule has 1 aromatic carbocycles. The van der Waals surface area contributed by atoms with Gasteiger partial charge in [0.15, 0.2) is 0 Å². The number of methoxy groups -OCH3 is 1. The summed E-state index contributed by atoms with van der Waals surface area (Å²) in [6, 6.07) is 10.6. The van der Waals surface area contributed by atoms with Crippen LogP contribution < -0.4 is 20.7 Å². The van der Waals surface area contributed by atoms with Crippen molar-refractivity contribution in [2.24, 2.45) is 0 Å². The summed E-state index contributed by atoms with van der Waals surface area (Å²) < 4.78 is 11.5. The van der Waals surface area contributed by atoms with Crippen molar-refractivity contribution in [1.82, 2.24) is 10.3 Å². The molecule has 1 amide bonds. The first kappa shape index (κ1) is 22.0. The van der Waals surface area contributed by atoms with Gasteiger partial charge in [0.2, 0.25) is 0 Å². The number of piperidine rings is 1. The number of hydrogen-bond acceptors (Lipinski definition) is 7. The van der Waals surface area contributed by atoms with Crippen molar-refractivity contribution in [3.8, 4) is 5.75 Å². The summed E-state index contributed by atoms with van der Waals surface area (Å²) >= 11 is 1.34. The number of carbonyl (C=O) groups excluding carboxylic acids is 1. The van der Waals surface area contributed by atoms with E-state index in [1.807, 2.05) is 19.1 Å². The largest absolute Gasteiger partial charge is 0.491 e. The van der Waals surface area contributed by atoms with Crippen LogP contribution in [0.3, 0.4) is 0 Å². The molecule has 0 saturated carbocycles. The number of nitrogens with zero attached hydrogens (tertiary/aromatic N) is 2. The molecule has 2 aliphatic rings. The number of pyridine rings is 1. The van der Waals surface area contributed by atoms with Gasteiger partial charge >= 0.3 is 0 Å². The highest BCUT2D eigenvalue weighted by molar-refractivity contribution is 7.21. The standard InChI is InChI=1S/C25H30N4O3S/c1-15-6-9-20-22(26)23(33-25(20)27-15)24(30)28-17-11-16-7-8-18(12-21(16)32-13-17)29-10-4-3-5-19(29)14-31-2/h6-9,12,17,19H,3-5,10-11,13-14,26H2,1-2H3,(H,28,30)/t17-,19-/m1/s1. The molecule has 3 N–H and O–H groups in total. The molecule has 3 aromatic rings. The molecular formula is C25H30N4O3S. The van der Waals surface area contributed by atoms with Crippen LogP contribution in [-0.4, -0.2) is 49.8 Å². The van der Waals surface area contributed by atoms with Crippen LogP contribution in [0.25, 0.3) is 10.2 Å². The lowest BCUT2D eigenvalue weighted by Crippen LogP contribution is -2.43. The van der Waals surface area contributed by atoms with Crippen LogP contribution >= 0.6 is 11.3 Å². The lowest BCUT2D eigenvalue weighted by atomic mass is 9.99. The third-order valence-corrected chi connectivity index (χ3v) is 7.66. The number of fused-ring (bicyclic) bond motifs is 2. The molecule has 2 atom stereocenters. The number of aromatic nitrogens is 1. The minimum Gasteiger partial charge on any atom is -0.491 e. The zero-order valence-corrected chi connectivity index (χ0v) is 19.9. The van der Waals surface area contributed by atoms with E-state index >= 15 is 0 Å². The van der Waals surface area contributed by atoms with Crippen molar-refractivity contribution >= 4 is 38.8 Å². The summed E-state index contributed by atoms with van der Waals surface area (Å²) in [4.78, 5) is 21.2. The molecule has 174 valence electrons. The smallest absolute Gasteiger partial charge is 0.263 e. The quantitative estimate of drug-likeness (QED) is 0.592. The van der Waals surface area contributed by atoms with Crippen LogP contribution in [-0.2, 0) is 11.2 Å². The second kappa shape index (κ2) is 9.19. The Morgan fingerprint density at radius 1 is 1.33 bits per heavy atom. The van der Waals surface area contributed by atoms with Crippen molar-refractivity contribution in [2.75, 3.05) is 37.5 Å². The van der Waals surface area contributed by atoms with E-state index in [2.05, 4.69) is 33.4 Å². The molecule has 7 nitrogen and oxygen atoms in total. The average Bonchev–Trinajstić information content (AvgIpc) is 3.15. The van der Waals surface area contributed by atoms with E-state index in [1.54, 1.807) is 7.11 Å². The van der Waals surface area contributed by atoms with E-state index < -0.39 is 0 Å². The van der Waals surface area contributed by atoms with Crippen LogP contribution in [0.5, 0.6) is 5.75 Å². The number of carbonyl (C=O) groups is 1. The molecule has 0 radical (unpaired) electrons.